The lowest BCUT2D eigenvalue weighted by Crippen LogP contribution is -2.40. The van der Waals surface area contributed by atoms with Crippen molar-refractivity contribution in [1.29, 1.82) is 0 Å². The highest BCUT2D eigenvalue weighted by atomic mass is 35.5. The molecule has 0 spiro atoms. The van der Waals surface area contributed by atoms with Crippen molar-refractivity contribution >= 4 is 34.9 Å². The number of aromatic nitrogens is 2. The van der Waals surface area contributed by atoms with Gasteiger partial charge in [-0.05, 0) is 29.3 Å². The van der Waals surface area contributed by atoms with Crippen LogP contribution < -0.4 is 11.1 Å². The molecule has 0 radical (unpaired) electrons. The summed E-state index contributed by atoms with van der Waals surface area (Å²) < 4.78 is 1.86. The lowest BCUT2D eigenvalue weighted by atomic mass is 10.2. The van der Waals surface area contributed by atoms with E-state index in [0.29, 0.717) is 17.4 Å². The second kappa shape index (κ2) is 10.2. The molecule has 9 nitrogen and oxygen atoms in total. The highest BCUT2D eigenvalue weighted by Crippen LogP contribution is 2.31. The Morgan fingerprint density at radius 3 is 2.54 bits per heavy atom. The van der Waals surface area contributed by atoms with Crippen LogP contribution in [0, 0.1) is 10.1 Å². The van der Waals surface area contributed by atoms with Crippen molar-refractivity contribution in [2.75, 3.05) is 0 Å². The molecule has 3 aromatic carbocycles. The first-order valence-corrected chi connectivity index (χ1v) is 12.0. The highest BCUT2D eigenvalue weighted by molar-refractivity contribution is 7.98. The molecule has 2 heterocycles. The molecule has 1 aliphatic rings. The predicted octanol–water partition coefficient (Wildman–Crippen LogP) is 4.91. The maximum atomic E-state index is 11.0. The highest BCUT2D eigenvalue weighted by Gasteiger charge is 2.26. The average molecular weight is 506 g/mol. The fourth-order valence-corrected chi connectivity index (χ4v) is 4.88. The van der Waals surface area contributed by atoms with E-state index in [1.54, 1.807) is 30.1 Å². The molecule has 0 bridgehead atoms. The van der Waals surface area contributed by atoms with Gasteiger partial charge < -0.3 is 0 Å². The van der Waals surface area contributed by atoms with Crippen LogP contribution in [0.25, 0.3) is 5.69 Å². The molecule has 0 unspecified atom stereocenters. The molecular formula is C24H20ClN7O2S. The third kappa shape index (κ3) is 5.14. The zero-order valence-electron chi connectivity index (χ0n) is 18.3. The fraction of sp³-hybridized carbons (Fsp3) is 0.0833. The van der Waals surface area contributed by atoms with Gasteiger partial charge in [0.1, 0.15) is 5.03 Å². The molecule has 0 aliphatic carbocycles. The van der Waals surface area contributed by atoms with Gasteiger partial charge in [0.05, 0.1) is 28.9 Å². The van der Waals surface area contributed by atoms with Gasteiger partial charge >= 0.3 is 0 Å². The Bertz CT molecular complexity index is 1380. The van der Waals surface area contributed by atoms with E-state index in [2.05, 4.69) is 33.4 Å². The minimum atomic E-state index is -0.410. The molecule has 176 valence electrons. The first kappa shape index (κ1) is 22.9. The lowest BCUT2D eigenvalue weighted by Gasteiger charge is -2.19. The van der Waals surface area contributed by atoms with Crippen molar-refractivity contribution in [3.05, 3.63) is 117 Å². The van der Waals surface area contributed by atoms with Gasteiger partial charge in [-0.3, -0.25) is 15.1 Å². The largest absolute Gasteiger partial charge is 0.269 e. The summed E-state index contributed by atoms with van der Waals surface area (Å²) in [7, 11) is 0. The van der Waals surface area contributed by atoms with E-state index in [1.165, 1.54) is 17.7 Å². The molecule has 1 aliphatic heterocycles. The molecule has 35 heavy (non-hydrogen) atoms. The molecular weight excluding hydrogens is 486 g/mol. The molecule has 11 heteroatoms. The summed E-state index contributed by atoms with van der Waals surface area (Å²) in [4.78, 5) is 10.6. The number of benzene rings is 3. The van der Waals surface area contributed by atoms with Crippen LogP contribution >= 0.6 is 23.4 Å². The standard InChI is InChI=1S/C24H20ClN7O2S/c25-19-7-4-8-21(13-19)31-24(35-16-18-5-2-1-3-6-18)22(14-26-31)23-27-28-29-30(23)15-17-9-11-20(12-10-17)32(33)34/h1-14,28-29H,15-16H2. The number of nitro groups is 1. The number of thioether (sulfide) groups is 1. The van der Waals surface area contributed by atoms with Crippen LogP contribution in [0.1, 0.15) is 16.7 Å². The van der Waals surface area contributed by atoms with Crippen LogP contribution in [0.3, 0.4) is 0 Å². The molecule has 0 amide bonds. The van der Waals surface area contributed by atoms with Gasteiger partial charge in [-0.15, -0.1) is 22.4 Å². The molecule has 0 fully saturated rings. The summed E-state index contributed by atoms with van der Waals surface area (Å²) >= 11 is 7.91. The smallest absolute Gasteiger partial charge is 0.266 e. The molecule has 4 aromatic rings. The number of non-ortho nitro benzene ring substituents is 1. The monoisotopic (exact) mass is 505 g/mol. The van der Waals surface area contributed by atoms with Crippen molar-refractivity contribution in [1.82, 2.24) is 25.9 Å². The van der Waals surface area contributed by atoms with Crippen LogP contribution in [0.4, 0.5) is 5.69 Å². The first-order chi connectivity index (χ1) is 17.1. The van der Waals surface area contributed by atoms with E-state index < -0.39 is 4.92 Å². The van der Waals surface area contributed by atoms with E-state index >= 15 is 0 Å². The van der Waals surface area contributed by atoms with Gasteiger partial charge in [-0.1, -0.05) is 60.1 Å². The Hall–Kier alpha value is -3.86. The number of halogens is 1. The quantitative estimate of drug-likeness (QED) is 0.199. The van der Waals surface area contributed by atoms with Gasteiger partial charge in [0.2, 0.25) is 0 Å². The van der Waals surface area contributed by atoms with E-state index in [0.717, 1.165) is 27.6 Å². The molecule has 1 aromatic heterocycles. The minimum absolute atomic E-state index is 0.0533. The maximum Gasteiger partial charge on any atom is 0.269 e. The number of nitro benzene ring substituents is 1. The van der Waals surface area contributed by atoms with Crippen molar-refractivity contribution in [3.63, 3.8) is 0 Å². The number of nitrogens with zero attached hydrogens (tertiary/aromatic N) is 5. The van der Waals surface area contributed by atoms with Crippen molar-refractivity contribution in [2.24, 2.45) is 5.10 Å². The predicted molar refractivity (Wildman–Crippen MR) is 136 cm³/mol. The van der Waals surface area contributed by atoms with Crippen molar-refractivity contribution in [2.45, 2.75) is 17.3 Å². The Morgan fingerprint density at radius 1 is 1.00 bits per heavy atom. The number of nitrogens with one attached hydrogen (secondary N) is 2. The zero-order chi connectivity index (χ0) is 24.2. The summed E-state index contributed by atoms with van der Waals surface area (Å²) in [5.74, 6) is 1.41. The first-order valence-electron chi connectivity index (χ1n) is 10.7. The van der Waals surface area contributed by atoms with Crippen LogP contribution in [0.2, 0.25) is 5.02 Å². The summed E-state index contributed by atoms with van der Waals surface area (Å²) in [5, 5.41) is 23.5. The number of hydrazine groups is 2. The zero-order valence-corrected chi connectivity index (χ0v) is 19.9. The van der Waals surface area contributed by atoms with Gasteiger partial charge in [0.15, 0.2) is 5.84 Å². The average Bonchev–Trinajstić information content (AvgIpc) is 3.50. The Labute approximate surface area is 210 Å². The molecule has 0 atom stereocenters. The molecule has 5 rings (SSSR count). The molecule has 0 saturated heterocycles. The van der Waals surface area contributed by atoms with E-state index in [9.17, 15) is 10.1 Å². The number of amidine groups is 1. The minimum Gasteiger partial charge on any atom is -0.266 e. The summed E-state index contributed by atoms with van der Waals surface area (Å²) in [5.41, 5.74) is 9.66. The third-order valence-electron chi connectivity index (χ3n) is 5.33. The second-order valence-corrected chi connectivity index (χ2v) is 9.10. The Balaban J connectivity index is 1.46. The van der Waals surface area contributed by atoms with Gasteiger partial charge in [0, 0.05) is 22.9 Å². The topological polar surface area (TPSA) is 101 Å². The van der Waals surface area contributed by atoms with Crippen molar-refractivity contribution in [3.8, 4) is 5.69 Å². The van der Waals surface area contributed by atoms with E-state index in [4.69, 9.17) is 11.6 Å². The molecule has 0 saturated carbocycles. The number of hydrogen-bond donors (Lipinski definition) is 2. The van der Waals surface area contributed by atoms with E-state index in [-0.39, 0.29) is 5.69 Å². The SMILES string of the molecule is O=[N+]([O-])c1ccc(CN2NNN=C2c2cnn(-c3cccc(Cl)c3)c2SCc2ccccc2)cc1. The van der Waals surface area contributed by atoms with Crippen LogP contribution in [0.15, 0.2) is 95.2 Å². The normalized spacial score (nSPS) is 12.9. The lowest BCUT2D eigenvalue weighted by molar-refractivity contribution is -0.384. The number of rotatable bonds is 8. The van der Waals surface area contributed by atoms with E-state index in [1.807, 2.05) is 52.2 Å². The Kier molecular flexibility index (Phi) is 6.66. The van der Waals surface area contributed by atoms with Crippen LogP contribution in [-0.4, -0.2) is 25.5 Å². The number of hydrogen-bond acceptors (Lipinski definition) is 8. The van der Waals surface area contributed by atoms with Crippen molar-refractivity contribution < 1.29 is 4.92 Å². The van der Waals surface area contributed by atoms with Crippen LogP contribution in [0.5, 0.6) is 0 Å². The van der Waals surface area contributed by atoms with Gasteiger partial charge in [-0.25, -0.2) is 10.2 Å². The Morgan fingerprint density at radius 2 is 1.80 bits per heavy atom. The van der Waals surface area contributed by atoms with Crippen LogP contribution in [-0.2, 0) is 12.3 Å². The summed E-state index contributed by atoms with van der Waals surface area (Å²) in [6.07, 6.45) is 1.78. The number of hydrazone groups is 1. The maximum absolute atomic E-state index is 11.0. The summed E-state index contributed by atoms with van der Waals surface area (Å²) in [6.45, 7) is 0.439. The van der Waals surface area contributed by atoms with Gasteiger partial charge in [0.25, 0.3) is 5.69 Å². The fourth-order valence-electron chi connectivity index (χ4n) is 3.62. The third-order valence-corrected chi connectivity index (χ3v) is 6.71. The molecule has 2 N–H and O–H groups in total. The second-order valence-electron chi connectivity index (χ2n) is 7.70. The van der Waals surface area contributed by atoms with Gasteiger partial charge in [-0.2, -0.15) is 5.10 Å². The summed E-state index contributed by atoms with van der Waals surface area (Å²) in [6, 6.07) is 24.2.